The van der Waals surface area contributed by atoms with Crippen LogP contribution >= 0.6 is 0 Å². The summed E-state index contributed by atoms with van der Waals surface area (Å²) in [7, 11) is 0. The van der Waals surface area contributed by atoms with E-state index in [0.717, 1.165) is 36.7 Å². The number of carbonyl (C=O) groups excluding carboxylic acids is 1. The molecule has 4 aromatic rings. The molecule has 0 bridgehead atoms. The van der Waals surface area contributed by atoms with Gasteiger partial charge in [-0.25, -0.2) is 4.79 Å². The van der Waals surface area contributed by atoms with Gasteiger partial charge in [-0.05, 0) is 105 Å². The molecular formula is C36H41N3O2. The molecule has 1 heterocycles. The van der Waals surface area contributed by atoms with E-state index >= 15 is 0 Å². The van der Waals surface area contributed by atoms with E-state index in [0.29, 0.717) is 13.1 Å². The standard InChI is InChI=1S/C36H41N3O2/c1-27-9-6-13-33(23-27)39(34-14-7-10-28(2)24-34)32-17-15-30(16-18-32)31-12-8-11-29(25-31)26-37-19-21-38(22-20-37)35(40)41-36(3,4)5/h6-18,23-25H,19-22,26H2,1-5H3. The highest BCUT2D eigenvalue weighted by molar-refractivity contribution is 5.78. The van der Waals surface area contributed by atoms with Crippen LogP contribution in [-0.4, -0.2) is 47.7 Å². The van der Waals surface area contributed by atoms with Crippen LogP contribution in [0.25, 0.3) is 11.1 Å². The second kappa shape index (κ2) is 12.2. The van der Waals surface area contributed by atoms with Gasteiger partial charge < -0.3 is 14.5 Å². The van der Waals surface area contributed by atoms with Gasteiger partial charge in [0.25, 0.3) is 0 Å². The van der Waals surface area contributed by atoms with Crippen LogP contribution in [0.4, 0.5) is 21.9 Å². The Balaban J connectivity index is 1.30. The third-order valence-corrected chi connectivity index (χ3v) is 7.34. The lowest BCUT2D eigenvalue weighted by atomic mass is 10.0. The molecule has 0 saturated carbocycles. The summed E-state index contributed by atoms with van der Waals surface area (Å²) in [6.45, 7) is 13.9. The van der Waals surface area contributed by atoms with Gasteiger partial charge in [0.1, 0.15) is 5.60 Å². The van der Waals surface area contributed by atoms with Crippen LogP contribution in [0.3, 0.4) is 0 Å². The van der Waals surface area contributed by atoms with Gasteiger partial charge in [0, 0.05) is 49.8 Å². The Kier molecular flexibility index (Phi) is 8.46. The molecule has 0 radical (unpaired) electrons. The van der Waals surface area contributed by atoms with E-state index in [1.807, 2.05) is 25.7 Å². The highest BCUT2D eigenvalue weighted by Gasteiger charge is 2.25. The monoisotopic (exact) mass is 547 g/mol. The minimum Gasteiger partial charge on any atom is -0.444 e. The van der Waals surface area contributed by atoms with Gasteiger partial charge in [-0.1, -0.05) is 54.6 Å². The molecule has 0 spiro atoms. The molecule has 1 saturated heterocycles. The Bertz CT molecular complexity index is 1440. The van der Waals surface area contributed by atoms with Crippen molar-refractivity contribution in [3.63, 3.8) is 0 Å². The molecule has 41 heavy (non-hydrogen) atoms. The number of hydrogen-bond donors (Lipinski definition) is 0. The average Bonchev–Trinajstić information content (AvgIpc) is 2.93. The van der Waals surface area contributed by atoms with Crippen LogP contribution in [0.1, 0.15) is 37.5 Å². The fourth-order valence-corrected chi connectivity index (χ4v) is 5.31. The average molecular weight is 548 g/mol. The van der Waals surface area contributed by atoms with E-state index in [1.54, 1.807) is 0 Å². The molecule has 1 fully saturated rings. The first kappa shape index (κ1) is 28.4. The minimum absolute atomic E-state index is 0.217. The molecule has 5 nitrogen and oxygen atoms in total. The van der Waals surface area contributed by atoms with Crippen LogP contribution < -0.4 is 4.90 Å². The third-order valence-electron chi connectivity index (χ3n) is 7.34. The summed E-state index contributed by atoms with van der Waals surface area (Å²) in [5.41, 5.74) is 9.11. The molecule has 1 amide bonds. The molecule has 5 heteroatoms. The van der Waals surface area contributed by atoms with Gasteiger partial charge in [0.15, 0.2) is 0 Å². The van der Waals surface area contributed by atoms with Gasteiger partial charge in [-0.2, -0.15) is 0 Å². The van der Waals surface area contributed by atoms with Crippen LogP contribution in [0, 0.1) is 13.8 Å². The van der Waals surface area contributed by atoms with Crippen molar-refractivity contribution >= 4 is 23.2 Å². The third kappa shape index (κ3) is 7.36. The number of amides is 1. The molecular weight excluding hydrogens is 506 g/mol. The summed E-state index contributed by atoms with van der Waals surface area (Å²) in [6.07, 6.45) is -0.217. The zero-order valence-corrected chi connectivity index (χ0v) is 24.9. The van der Waals surface area contributed by atoms with Crippen LogP contribution in [-0.2, 0) is 11.3 Å². The minimum atomic E-state index is -0.466. The van der Waals surface area contributed by atoms with Crippen LogP contribution in [0.15, 0.2) is 97.1 Å². The summed E-state index contributed by atoms with van der Waals surface area (Å²) >= 11 is 0. The van der Waals surface area contributed by atoms with Gasteiger partial charge in [-0.15, -0.1) is 0 Å². The highest BCUT2D eigenvalue weighted by Crippen LogP contribution is 2.36. The molecule has 0 atom stereocenters. The molecule has 0 aliphatic carbocycles. The number of nitrogens with zero attached hydrogens (tertiary/aromatic N) is 3. The maximum Gasteiger partial charge on any atom is 0.410 e. The zero-order chi connectivity index (χ0) is 29.0. The van der Waals surface area contributed by atoms with Gasteiger partial charge in [-0.3, -0.25) is 4.90 Å². The summed E-state index contributed by atoms with van der Waals surface area (Å²) in [4.78, 5) is 19.0. The van der Waals surface area contributed by atoms with Crippen molar-refractivity contribution in [2.24, 2.45) is 0 Å². The Morgan fingerprint density at radius 3 is 1.85 bits per heavy atom. The number of rotatable bonds is 6. The summed E-state index contributed by atoms with van der Waals surface area (Å²) < 4.78 is 5.54. The van der Waals surface area contributed by atoms with E-state index in [9.17, 15) is 4.79 Å². The lowest BCUT2D eigenvalue weighted by molar-refractivity contribution is 0.0139. The van der Waals surface area contributed by atoms with Gasteiger partial charge in [0.05, 0.1) is 0 Å². The highest BCUT2D eigenvalue weighted by atomic mass is 16.6. The lowest BCUT2D eigenvalue weighted by Gasteiger charge is -2.35. The van der Waals surface area contributed by atoms with E-state index in [4.69, 9.17) is 4.74 Å². The van der Waals surface area contributed by atoms with Crippen molar-refractivity contribution in [3.05, 3.63) is 114 Å². The summed E-state index contributed by atoms with van der Waals surface area (Å²) in [5, 5.41) is 0. The molecule has 5 rings (SSSR count). The first-order valence-corrected chi connectivity index (χ1v) is 14.5. The summed E-state index contributed by atoms with van der Waals surface area (Å²) in [5.74, 6) is 0. The SMILES string of the molecule is Cc1cccc(N(c2ccc(-c3cccc(CN4CCN(C(=O)OC(C)(C)C)CC4)c3)cc2)c2cccc(C)c2)c1. The number of anilines is 3. The van der Waals surface area contributed by atoms with E-state index in [-0.39, 0.29) is 6.09 Å². The molecule has 4 aromatic carbocycles. The van der Waals surface area contributed by atoms with Gasteiger partial charge >= 0.3 is 6.09 Å². The summed E-state index contributed by atoms with van der Waals surface area (Å²) in [6, 6.07) is 34.9. The topological polar surface area (TPSA) is 36.0 Å². The van der Waals surface area contributed by atoms with E-state index in [2.05, 4.69) is 121 Å². The number of hydrogen-bond acceptors (Lipinski definition) is 4. The fourth-order valence-electron chi connectivity index (χ4n) is 5.31. The molecule has 212 valence electrons. The molecule has 0 N–H and O–H groups in total. The number of ether oxygens (including phenoxy) is 1. The van der Waals surface area contributed by atoms with Gasteiger partial charge in [0.2, 0.25) is 0 Å². The van der Waals surface area contributed by atoms with Crippen molar-refractivity contribution in [2.75, 3.05) is 31.1 Å². The number of benzene rings is 4. The quantitative estimate of drug-likeness (QED) is 0.242. The maximum atomic E-state index is 12.4. The van der Waals surface area contributed by atoms with E-state index < -0.39 is 5.60 Å². The Labute approximate surface area is 245 Å². The second-order valence-corrected chi connectivity index (χ2v) is 12.0. The Hall–Kier alpha value is -4.09. The Morgan fingerprint density at radius 2 is 1.29 bits per heavy atom. The smallest absolute Gasteiger partial charge is 0.410 e. The first-order chi connectivity index (χ1) is 19.6. The molecule has 0 aromatic heterocycles. The zero-order valence-electron chi connectivity index (χ0n) is 24.9. The van der Waals surface area contributed by atoms with Crippen molar-refractivity contribution in [2.45, 2.75) is 46.8 Å². The Morgan fingerprint density at radius 1 is 0.707 bits per heavy atom. The second-order valence-electron chi connectivity index (χ2n) is 12.0. The fraction of sp³-hybridized carbons (Fsp3) is 0.306. The van der Waals surface area contributed by atoms with Crippen molar-refractivity contribution in [3.8, 4) is 11.1 Å². The maximum absolute atomic E-state index is 12.4. The van der Waals surface area contributed by atoms with Crippen molar-refractivity contribution < 1.29 is 9.53 Å². The van der Waals surface area contributed by atoms with Crippen molar-refractivity contribution in [1.82, 2.24) is 9.80 Å². The molecule has 1 aliphatic rings. The molecule has 0 unspecified atom stereocenters. The number of carbonyl (C=O) groups is 1. The van der Waals surface area contributed by atoms with Crippen LogP contribution in [0.2, 0.25) is 0 Å². The largest absolute Gasteiger partial charge is 0.444 e. The predicted molar refractivity (Wildman–Crippen MR) is 169 cm³/mol. The molecule has 1 aliphatic heterocycles. The van der Waals surface area contributed by atoms with Crippen LogP contribution in [0.5, 0.6) is 0 Å². The first-order valence-electron chi connectivity index (χ1n) is 14.5. The number of piperazine rings is 1. The lowest BCUT2D eigenvalue weighted by Crippen LogP contribution is -2.49. The normalized spacial score (nSPS) is 14.1. The van der Waals surface area contributed by atoms with E-state index in [1.165, 1.54) is 27.8 Å². The predicted octanol–water partition coefficient (Wildman–Crippen LogP) is 8.49. The number of aryl methyl sites for hydroxylation is 2. The van der Waals surface area contributed by atoms with Crippen molar-refractivity contribution in [1.29, 1.82) is 0 Å².